The Labute approximate surface area is 148 Å². The van der Waals surface area contributed by atoms with Crippen LogP contribution in [0.3, 0.4) is 0 Å². The number of hydrogen-bond donors (Lipinski definition) is 2. The second-order valence-electron chi connectivity index (χ2n) is 5.05. The van der Waals surface area contributed by atoms with Crippen molar-refractivity contribution >= 4 is 33.4 Å². The molecular weight excluding hydrogens is 360 g/mol. The first-order valence-electron chi connectivity index (χ1n) is 7.01. The fraction of sp³-hybridized carbons (Fsp3) is 0. The number of rotatable bonds is 5. The van der Waals surface area contributed by atoms with Gasteiger partial charge in [-0.3, -0.25) is 14.9 Å². The molecule has 0 unspecified atom stereocenters. The molecule has 0 saturated carbocycles. The minimum atomic E-state index is -3.85. The summed E-state index contributed by atoms with van der Waals surface area (Å²) < 4.78 is 22.4. The lowest BCUT2D eigenvalue weighted by Crippen LogP contribution is -2.14. The van der Waals surface area contributed by atoms with Gasteiger partial charge in [0, 0.05) is 17.8 Å². The van der Waals surface area contributed by atoms with E-state index in [1.54, 1.807) is 6.07 Å². The zero-order chi connectivity index (χ0) is 19.3. The molecule has 0 aliphatic heterocycles. The number of anilines is 1. The number of carbonyl (C=O) groups excluding carboxylic acids is 1. The fourth-order valence-corrected chi connectivity index (χ4v) is 2.49. The normalized spacial score (nSPS) is 11.5. The molecule has 10 heteroatoms. The second kappa shape index (κ2) is 7.56. The summed E-state index contributed by atoms with van der Waals surface area (Å²) in [7, 11) is -3.85. The van der Waals surface area contributed by atoms with Gasteiger partial charge in [0.05, 0.1) is 9.82 Å². The van der Waals surface area contributed by atoms with Gasteiger partial charge in [-0.15, -0.1) is 0 Å². The molecule has 0 fully saturated rings. The number of nitro benzene ring substituents is 1. The van der Waals surface area contributed by atoms with E-state index >= 15 is 0 Å². The average Bonchev–Trinajstić information content (AvgIpc) is 2.59. The van der Waals surface area contributed by atoms with Crippen LogP contribution >= 0.6 is 0 Å². The first-order valence-corrected chi connectivity index (χ1v) is 8.56. The maximum Gasteiger partial charge on any atom is 0.270 e. The van der Waals surface area contributed by atoms with E-state index in [1.807, 2.05) is 0 Å². The van der Waals surface area contributed by atoms with E-state index in [0.29, 0.717) is 5.56 Å². The van der Waals surface area contributed by atoms with Gasteiger partial charge in [-0.1, -0.05) is 12.1 Å². The molecule has 0 radical (unpaired) electrons. The van der Waals surface area contributed by atoms with Gasteiger partial charge in [0.1, 0.15) is 11.6 Å². The molecule has 0 aliphatic carbocycles. The molecule has 0 spiro atoms. The van der Waals surface area contributed by atoms with Crippen molar-refractivity contribution in [3.05, 3.63) is 69.8 Å². The van der Waals surface area contributed by atoms with E-state index in [0.717, 1.165) is 0 Å². The first kappa shape index (κ1) is 18.8. The van der Waals surface area contributed by atoms with Crippen LogP contribution in [-0.2, 0) is 14.8 Å². The van der Waals surface area contributed by atoms with E-state index in [4.69, 9.17) is 10.4 Å². The molecular formula is C16H12N4O5S. The molecule has 0 saturated heterocycles. The Kier molecular flexibility index (Phi) is 5.46. The number of hydrogen-bond acceptors (Lipinski definition) is 6. The highest BCUT2D eigenvalue weighted by molar-refractivity contribution is 7.89. The summed E-state index contributed by atoms with van der Waals surface area (Å²) in [6, 6.07) is 12.2. The third-order valence-corrected chi connectivity index (χ3v) is 4.13. The zero-order valence-electron chi connectivity index (χ0n) is 13.1. The van der Waals surface area contributed by atoms with Gasteiger partial charge in [0.25, 0.3) is 11.6 Å². The largest absolute Gasteiger partial charge is 0.321 e. The van der Waals surface area contributed by atoms with E-state index in [2.05, 4.69) is 5.32 Å². The van der Waals surface area contributed by atoms with Crippen LogP contribution in [0.1, 0.15) is 5.56 Å². The highest BCUT2D eigenvalue weighted by atomic mass is 32.2. The summed E-state index contributed by atoms with van der Waals surface area (Å²) in [4.78, 5) is 22.2. The Morgan fingerprint density at radius 1 is 1.23 bits per heavy atom. The summed E-state index contributed by atoms with van der Waals surface area (Å²) in [5.41, 5.74) is 0.120. The monoisotopic (exact) mass is 372 g/mol. The highest BCUT2D eigenvalue weighted by Crippen LogP contribution is 2.17. The lowest BCUT2D eigenvalue weighted by atomic mass is 10.1. The lowest BCUT2D eigenvalue weighted by Gasteiger charge is -2.05. The summed E-state index contributed by atoms with van der Waals surface area (Å²) in [6.45, 7) is 0. The SMILES string of the molecule is N#CC(=Cc1cccc([N+](=O)[O-])c1)C(=O)Nc1ccc(S(N)(=O)=O)cc1. The first-order chi connectivity index (χ1) is 12.2. The molecule has 0 aromatic heterocycles. The van der Waals surface area contributed by atoms with Crippen molar-refractivity contribution in [2.75, 3.05) is 5.32 Å². The molecule has 26 heavy (non-hydrogen) atoms. The molecule has 9 nitrogen and oxygen atoms in total. The fourth-order valence-electron chi connectivity index (χ4n) is 1.97. The molecule has 0 atom stereocenters. The summed E-state index contributed by atoms with van der Waals surface area (Å²) >= 11 is 0. The third kappa shape index (κ3) is 4.73. The lowest BCUT2D eigenvalue weighted by molar-refractivity contribution is -0.384. The number of nitro groups is 1. The van der Waals surface area contributed by atoms with Crippen molar-refractivity contribution in [1.82, 2.24) is 0 Å². The number of nitrogens with zero attached hydrogens (tertiary/aromatic N) is 2. The number of amides is 1. The molecule has 132 valence electrons. The Morgan fingerprint density at radius 3 is 2.42 bits per heavy atom. The third-order valence-electron chi connectivity index (χ3n) is 3.20. The molecule has 1 amide bonds. The van der Waals surface area contributed by atoms with Crippen molar-refractivity contribution in [3.63, 3.8) is 0 Å². The summed E-state index contributed by atoms with van der Waals surface area (Å²) in [5, 5.41) is 27.3. The molecule has 0 bridgehead atoms. The average molecular weight is 372 g/mol. The van der Waals surface area contributed by atoms with Crippen molar-refractivity contribution in [2.24, 2.45) is 5.14 Å². The van der Waals surface area contributed by atoms with Crippen LogP contribution in [0, 0.1) is 21.4 Å². The van der Waals surface area contributed by atoms with E-state index < -0.39 is 20.9 Å². The predicted molar refractivity (Wildman–Crippen MR) is 93.1 cm³/mol. The Morgan fingerprint density at radius 2 is 1.88 bits per heavy atom. The van der Waals surface area contributed by atoms with Gasteiger partial charge in [0.15, 0.2) is 0 Å². The Balaban J connectivity index is 2.22. The number of nitriles is 1. The summed E-state index contributed by atoms with van der Waals surface area (Å²) in [6.07, 6.45) is 1.21. The van der Waals surface area contributed by atoms with Gasteiger partial charge in [0.2, 0.25) is 10.0 Å². The van der Waals surface area contributed by atoms with Crippen LogP contribution in [0.5, 0.6) is 0 Å². The molecule has 0 aliphatic rings. The molecule has 3 N–H and O–H groups in total. The second-order valence-corrected chi connectivity index (χ2v) is 6.61. The van der Waals surface area contributed by atoms with Crippen LogP contribution in [0.4, 0.5) is 11.4 Å². The minimum absolute atomic E-state index is 0.122. The number of nitrogens with one attached hydrogen (secondary N) is 1. The molecule has 2 aromatic rings. The number of primary sulfonamides is 1. The van der Waals surface area contributed by atoms with Crippen LogP contribution in [0.15, 0.2) is 59.0 Å². The van der Waals surface area contributed by atoms with Gasteiger partial charge in [-0.25, -0.2) is 13.6 Å². The van der Waals surface area contributed by atoms with Crippen LogP contribution < -0.4 is 10.5 Å². The van der Waals surface area contributed by atoms with Gasteiger partial charge >= 0.3 is 0 Å². The number of non-ortho nitro benzene ring substituents is 1. The molecule has 2 rings (SSSR count). The van der Waals surface area contributed by atoms with E-state index in [1.165, 1.54) is 54.6 Å². The molecule has 2 aromatic carbocycles. The topological polar surface area (TPSA) is 156 Å². The Bertz CT molecular complexity index is 1040. The number of nitrogens with two attached hydrogens (primary N) is 1. The van der Waals surface area contributed by atoms with Gasteiger partial charge in [-0.2, -0.15) is 5.26 Å². The van der Waals surface area contributed by atoms with Crippen LogP contribution in [0.2, 0.25) is 0 Å². The van der Waals surface area contributed by atoms with Gasteiger partial charge in [-0.05, 0) is 35.9 Å². The Hall–Kier alpha value is -3.55. The zero-order valence-corrected chi connectivity index (χ0v) is 13.9. The maximum absolute atomic E-state index is 12.2. The van der Waals surface area contributed by atoms with E-state index in [-0.39, 0.29) is 21.8 Å². The molecule has 0 heterocycles. The van der Waals surface area contributed by atoms with Crippen molar-refractivity contribution in [2.45, 2.75) is 4.90 Å². The van der Waals surface area contributed by atoms with Crippen molar-refractivity contribution in [3.8, 4) is 6.07 Å². The van der Waals surface area contributed by atoms with E-state index in [9.17, 15) is 23.3 Å². The number of carbonyl (C=O) groups is 1. The van der Waals surface area contributed by atoms with Crippen molar-refractivity contribution in [1.29, 1.82) is 5.26 Å². The predicted octanol–water partition coefficient (Wildman–Crippen LogP) is 1.79. The quantitative estimate of drug-likeness (QED) is 0.352. The number of sulfonamides is 1. The standard InChI is InChI=1S/C16H12N4O5S/c17-10-12(8-11-2-1-3-14(9-11)20(22)23)16(21)19-13-4-6-15(7-5-13)26(18,24)25/h1-9H,(H,19,21)(H2,18,24,25). The van der Waals surface area contributed by atoms with Crippen LogP contribution in [-0.4, -0.2) is 19.2 Å². The smallest absolute Gasteiger partial charge is 0.270 e. The van der Waals surface area contributed by atoms with Crippen molar-refractivity contribution < 1.29 is 18.1 Å². The van der Waals surface area contributed by atoms with Gasteiger partial charge < -0.3 is 5.32 Å². The number of benzene rings is 2. The minimum Gasteiger partial charge on any atom is -0.321 e. The maximum atomic E-state index is 12.2. The van der Waals surface area contributed by atoms with Crippen LogP contribution in [0.25, 0.3) is 6.08 Å². The summed E-state index contributed by atoms with van der Waals surface area (Å²) in [5.74, 6) is -0.748. The highest BCUT2D eigenvalue weighted by Gasteiger charge is 2.12.